The highest BCUT2D eigenvalue weighted by molar-refractivity contribution is 9.10. The molecule has 0 aliphatic heterocycles. The van der Waals surface area contributed by atoms with Gasteiger partial charge in [-0.1, -0.05) is 41.1 Å². The average molecular weight is 307 g/mol. The van der Waals surface area contributed by atoms with E-state index in [2.05, 4.69) is 82.5 Å². The summed E-state index contributed by atoms with van der Waals surface area (Å²) in [6.45, 7) is 3.11. The first-order valence-electron chi connectivity index (χ1n) is 6.29. The van der Waals surface area contributed by atoms with Crippen molar-refractivity contribution in [1.82, 2.24) is 9.88 Å². The average Bonchev–Trinajstić information content (AvgIpc) is 2.78. The molecule has 18 heavy (non-hydrogen) atoms. The molecule has 96 valence electrons. The van der Waals surface area contributed by atoms with E-state index in [1.54, 1.807) is 0 Å². The Labute approximate surface area is 117 Å². The van der Waals surface area contributed by atoms with Gasteiger partial charge in [-0.25, -0.2) is 0 Å². The third-order valence-electron chi connectivity index (χ3n) is 3.13. The molecule has 2 rings (SSSR count). The molecule has 2 aromatic rings. The van der Waals surface area contributed by atoms with E-state index in [9.17, 15) is 0 Å². The van der Waals surface area contributed by atoms with Gasteiger partial charge in [-0.3, -0.25) is 0 Å². The van der Waals surface area contributed by atoms with Gasteiger partial charge in [-0.2, -0.15) is 0 Å². The summed E-state index contributed by atoms with van der Waals surface area (Å²) in [4.78, 5) is 0. The van der Waals surface area contributed by atoms with Crippen molar-refractivity contribution in [3.8, 4) is 0 Å². The quantitative estimate of drug-likeness (QED) is 0.882. The van der Waals surface area contributed by atoms with Crippen LogP contribution in [0.5, 0.6) is 0 Å². The molecule has 1 heterocycles. The van der Waals surface area contributed by atoms with Crippen LogP contribution in [0.2, 0.25) is 0 Å². The highest BCUT2D eigenvalue weighted by Crippen LogP contribution is 2.25. The zero-order chi connectivity index (χ0) is 13.0. The molecule has 1 atom stereocenters. The lowest BCUT2D eigenvalue weighted by molar-refractivity contribution is 0.517. The van der Waals surface area contributed by atoms with Crippen LogP contribution >= 0.6 is 15.9 Å². The molecule has 1 unspecified atom stereocenters. The van der Waals surface area contributed by atoms with Gasteiger partial charge in [-0.05, 0) is 29.7 Å². The van der Waals surface area contributed by atoms with Crippen molar-refractivity contribution in [3.63, 3.8) is 0 Å². The van der Waals surface area contributed by atoms with E-state index in [0.29, 0.717) is 6.04 Å². The summed E-state index contributed by atoms with van der Waals surface area (Å²) in [7, 11) is 2.05. The van der Waals surface area contributed by atoms with Gasteiger partial charge in [0.25, 0.3) is 0 Å². The van der Waals surface area contributed by atoms with E-state index in [1.165, 1.54) is 15.6 Å². The van der Waals surface area contributed by atoms with Crippen molar-refractivity contribution in [3.05, 3.63) is 58.3 Å². The Hall–Kier alpha value is -1.06. The highest BCUT2D eigenvalue weighted by atomic mass is 79.9. The largest absolute Gasteiger partial charge is 0.357 e. The first-order chi connectivity index (χ1) is 8.70. The number of rotatable bonds is 5. The molecule has 0 bridgehead atoms. The topological polar surface area (TPSA) is 17.0 Å². The molecule has 3 heteroatoms. The van der Waals surface area contributed by atoms with Gasteiger partial charge < -0.3 is 9.88 Å². The van der Waals surface area contributed by atoms with Gasteiger partial charge in [0.1, 0.15) is 0 Å². The van der Waals surface area contributed by atoms with Crippen LogP contribution in [0.25, 0.3) is 0 Å². The second-order valence-electron chi connectivity index (χ2n) is 4.55. The first kappa shape index (κ1) is 13.4. The van der Waals surface area contributed by atoms with Crippen molar-refractivity contribution in [2.45, 2.75) is 25.9 Å². The number of aryl methyl sites for hydroxylation is 1. The fourth-order valence-corrected chi connectivity index (χ4v) is 2.70. The molecule has 0 radical (unpaired) electrons. The summed E-state index contributed by atoms with van der Waals surface area (Å²) in [5, 5.41) is 3.61. The Balaban J connectivity index is 2.04. The van der Waals surface area contributed by atoms with Gasteiger partial charge in [-0.15, -0.1) is 0 Å². The Bertz CT molecular complexity index is 505. The summed E-state index contributed by atoms with van der Waals surface area (Å²) in [6, 6.07) is 11.0. The lowest BCUT2D eigenvalue weighted by atomic mass is 10.0. The molecule has 2 nitrogen and oxygen atoms in total. The summed E-state index contributed by atoms with van der Waals surface area (Å²) in [5.74, 6) is 0. The standard InChI is InChI=1S/C15H19BrN2/c1-3-15(13-6-4-5-7-14(13)16)17-10-12-8-9-18(2)11-12/h4-9,11,15,17H,3,10H2,1-2H3. The summed E-state index contributed by atoms with van der Waals surface area (Å²) < 4.78 is 3.26. The van der Waals surface area contributed by atoms with Crippen LogP contribution < -0.4 is 5.32 Å². The summed E-state index contributed by atoms with van der Waals surface area (Å²) >= 11 is 3.62. The third kappa shape index (κ3) is 3.24. The molecule has 0 spiro atoms. The van der Waals surface area contributed by atoms with Crippen molar-refractivity contribution < 1.29 is 0 Å². The zero-order valence-electron chi connectivity index (χ0n) is 10.9. The smallest absolute Gasteiger partial charge is 0.0331 e. The van der Waals surface area contributed by atoms with Crippen LogP contribution in [0.4, 0.5) is 0 Å². The van der Waals surface area contributed by atoms with Crippen molar-refractivity contribution >= 4 is 15.9 Å². The predicted octanol–water partition coefficient (Wildman–Crippen LogP) is 4.03. The molecule has 1 aromatic carbocycles. The zero-order valence-corrected chi connectivity index (χ0v) is 12.4. The van der Waals surface area contributed by atoms with Crippen LogP contribution in [-0.4, -0.2) is 4.57 Å². The number of nitrogens with one attached hydrogen (secondary N) is 1. The second kappa shape index (κ2) is 6.21. The van der Waals surface area contributed by atoms with E-state index in [4.69, 9.17) is 0 Å². The molecule has 0 amide bonds. The van der Waals surface area contributed by atoms with E-state index in [-0.39, 0.29) is 0 Å². The fraction of sp³-hybridized carbons (Fsp3) is 0.333. The van der Waals surface area contributed by atoms with Crippen molar-refractivity contribution in [2.24, 2.45) is 7.05 Å². The first-order valence-corrected chi connectivity index (χ1v) is 7.08. The SMILES string of the molecule is CCC(NCc1ccn(C)c1)c1ccccc1Br. The van der Waals surface area contributed by atoms with Gasteiger partial charge in [0.15, 0.2) is 0 Å². The number of halogens is 1. The summed E-state index contributed by atoms with van der Waals surface area (Å²) in [6.07, 6.45) is 5.31. The number of benzene rings is 1. The minimum absolute atomic E-state index is 0.390. The molecule has 0 aliphatic rings. The molecule has 0 saturated heterocycles. The Morgan fingerprint density at radius 2 is 2.06 bits per heavy atom. The lowest BCUT2D eigenvalue weighted by Crippen LogP contribution is -2.20. The van der Waals surface area contributed by atoms with Crippen LogP contribution in [0.3, 0.4) is 0 Å². The molecule has 0 saturated carbocycles. The van der Waals surface area contributed by atoms with Crippen molar-refractivity contribution in [1.29, 1.82) is 0 Å². The third-order valence-corrected chi connectivity index (χ3v) is 3.86. The van der Waals surface area contributed by atoms with E-state index >= 15 is 0 Å². The monoisotopic (exact) mass is 306 g/mol. The highest BCUT2D eigenvalue weighted by Gasteiger charge is 2.11. The Morgan fingerprint density at radius 1 is 1.28 bits per heavy atom. The van der Waals surface area contributed by atoms with Gasteiger partial charge >= 0.3 is 0 Å². The maximum absolute atomic E-state index is 3.62. The van der Waals surface area contributed by atoms with Gasteiger partial charge in [0.05, 0.1) is 0 Å². The van der Waals surface area contributed by atoms with E-state index in [0.717, 1.165) is 13.0 Å². The number of nitrogens with zero attached hydrogens (tertiary/aromatic N) is 1. The number of hydrogen-bond acceptors (Lipinski definition) is 1. The van der Waals surface area contributed by atoms with Crippen LogP contribution in [0.15, 0.2) is 47.2 Å². The molecule has 0 aliphatic carbocycles. The van der Waals surface area contributed by atoms with Gasteiger partial charge in [0.2, 0.25) is 0 Å². The minimum Gasteiger partial charge on any atom is -0.357 e. The summed E-state index contributed by atoms with van der Waals surface area (Å²) in [5.41, 5.74) is 2.65. The fourth-order valence-electron chi connectivity index (χ4n) is 2.14. The van der Waals surface area contributed by atoms with Gasteiger partial charge in [0, 0.05) is 36.5 Å². The maximum Gasteiger partial charge on any atom is 0.0331 e. The molecule has 1 aromatic heterocycles. The van der Waals surface area contributed by atoms with Crippen LogP contribution in [0, 0.1) is 0 Å². The molecule has 1 N–H and O–H groups in total. The second-order valence-corrected chi connectivity index (χ2v) is 5.40. The molecule has 0 fully saturated rings. The minimum atomic E-state index is 0.390. The molecular formula is C15H19BrN2. The molecular weight excluding hydrogens is 288 g/mol. The number of hydrogen-bond donors (Lipinski definition) is 1. The van der Waals surface area contributed by atoms with Crippen molar-refractivity contribution in [2.75, 3.05) is 0 Å². The number of aromatic nitrogens is 1. The van der Waals surface area contributed by atoms with Crippen LogP contribution in [0.1, 0.15) is 30.5 Å². The van der Waals surface area contributed by atoms with Crippen LogP contribution in [-0.2, 0) is 13.6 Å². The lowest BCUT2D eigenvalue weighted by Gasteiger charge is -2.18. The van der Waals surface area contributed by atoms with E-state index < -0.39 is 0 Å². The normalized spacial score (nSPS) is 12.6. The Morgan fingerprint density at radius 3 is 2.67 bits per heavy atom. The maximum atomic E-state index is 3.62. The predicted molar refractivity (Wildman–Crippen MR) is 79.4 cm³/mol. The van der Waals surface area contributed by atoms with E-state index in [1.807, 2.05) is 0 Å². The Kier molecular flexibility index (Phi) is 4.61.